The normalized spacial score (nSPS) is 10.2. The minimum atomic E-state index is -0.485. The number of nitrogens with zero attached hydrogens (tertiary/aromatic N) is 2. The fourth-order valence-corrected chi connectivity index (χ4v) is 1.54. The molecular formula is C10H9FN4OS. The van der Waals surface area contributed by atoms with E-state index in [1.54, 1.807) is 6.07 Å². The highest BCUT2D eigenvalue weighted by Gasteiger charge is 2.07. The highest BCUT2D eigenvalue weighted by atomic mass is 32.1. The first-order valence-corrected chi connectivity index (χ1v) is 5.08. The molecule has 7 heteroatoms. The van der Waals surface area contributed by atoms with Crippen molar-refractivity contribution in [2.75, 3.05) is 12.8 Å². The van der Waals surface area contributed by atoms with Crippen LogP contribution in [-0.2, 0) is 0 Å². The van der Waals surface area contributed by atoms with Crippen molar-refractivity contribution in [2.24, 2.45) is 0 Å². The minimum absolute atomic E-state index is 0.104. The molecule has 0 amide bonds. The second kappa shape index (κ2) is 4.46. The molecule has 0 aliphatic heterocycles. The monoisotopic (exact) mass is 252 g/mol. The van der Waals surface area contributed by atoms with Gasteiger partial charge in [-0.25, -0.2) is 9.37 Å². The SMILES string of the molecule is COc1ccc(-c2nc(=S)nc(N)[nH]2)cc1F. The molecule has 0 radical (unpaired) electrons. The number of methoxy groups -OCH3 is 1. The lowest BCUT2D eigenvalue weighted by Gasteiger charge is -2.05. The zero-order chi connectivity index (χ0) is 12.4. The molecule has 0 fully saturated rings. The summed E-state index contributed by atoms with van der Waals surface area (Å²) in [5.41, 5.74) is 6.02. The Kier molecular flexibility index (Phi) is 3.01. The standard InChI is InChI=1S/C10H9FN4OS/c1-16-7-3-2-5(4-6(7)11)8-13-9(12)15-10(17)14-8/h2-4H,1H3,(H3,12,13,14,15,17). The molecule has 3 N–H and O–H groups in total. The van der Waals surface area contributed by atoms with E-state index in [0.29, 0.717) is 11.4 Å². The minimum Gasteiger partial charge on any atom is -0.494 e. The molecule has 0 saturated heterocycles. The van der Waals surface area contributed by atoms with E-state index in [4.69, 9.17) is 22.7 Å². The summed E-state index contributed by atoms with van der Waals surface area (Å²) >= 11 is 4.83. The number of hydrogen-bond acceptors (Lipinski definition) is 5. The topological polar surface area (TPSA) is 76.8 Å². The predicted molar refractivity (Wildman–Crippen MR) is 63.6 cm³/mol. The van der Waals surface area contributed by atoms with Gasteiger partial charge in [-0.2, -0.15) is 4.98 Å². The van der Waals surface area contributed by atoms with Gasteiger partial charge in [0.2, 0.25) is 10.7 Å². The number of nitrogen functional groups attached to an aromatic ring is 1. The molecule has 0 aliphatic rings. The van der Waals surface area contributed by atoms with Gasteiger partial charge in [-0.05, 0) is 30.4 Å². The number of nitrogens with one attached hydrogen (secondary N) is 1. The summed E-state index contributed by atoms with van der Waals surface area (Å²) in [5.74, 6) is 0.177. The molecule has 1 aromatic carbocycles. The van der Waals surface area contributed by atoms with Crippen molar-refractivity contribution in [1.29, 1.82) is 0 Å². The molecule has 2 aromatic rings. The largest absolute Gasteiger partial charge is 0.494 e. The van der Waals surface area contributed by atoms with E-state index in [9.17, 15) is 4.39 Å². The number of anilines is 1. The van der Waals surface area contributed by atoms with Crippen molar-refractivity contribution in [2.45, 2.75) is 0 Å². The van der Waals surface area contributed by atoms with E-state index in [1.165, 1.54) is 19.2 Å². The van der Waals surface area contributed by atoms with Crippen molar-refractivity contribution < 1.29 is 9.13 Å². The van der Waals surface area contributed by atoms with Crippen molar-refractivity contribution in [3.63, 3.8) is 0 Å². The molecule has 0 spiro atoms. The van der Waals surface area contributed by atoms with Crippen molar-refractivity contribution in [3.8, 4) is 17.1 Å². The van der Waals surface area contributed by atoms with Crippen LogP contribution in [0.3, 0.4) is 0 Å². The molecule has 88 valence electrons. The fraction of sp³-hybridized carbons (Fsp3) is 0.100. The smallest absolute Gasteiger partial charge is 0.224 e. The summed E-state index contributed by atoms with van der Waals surface area (Å²) in [6.07, 6.45) is 0. The zero-order valence-corrected chi connectivity index (χ0v) is 9.71. The summed E-state index contributed by atoms with van der Waals surface area (Å²) in [6.45, 7) is 0. The van der Waals surface area contributed by atoms with Gasteiger partial charge in [0, 0.05) is 5.56 Å². The van der Waals surface area contributed by atoms with Crippen molar-refractivity contribution in [3.05, 3.63) is 28.8 Å². The maximum Gasteiger partial charge on any atom is 0.224 e. The van der Waals surface area contributed by atoms with Gasteiger partial charge in [0.15, 0.2) is 11.6 Å². The van der Waals surface area contributed by atoms with Crippen LogP contribution in [0.5, 0.6) is 5.75 Å². The summed E-state index contributed by atoms with van der Waals surface area (Å²) in [6, 6.07) is 4.43. The third-order valence-corrected chi connectivity index (χ3v) is 2.28. The van der Waals surface area contributed by atoms with Crippen LogP contribution in [0, 0.1) is 10.6 Å². The number of aromatic nitrogens is 3. The van der Waals surface area contributed by atoms with Gasteiger partial charge in [-0.15, -0.1) is 0 Å². The van der Waals surface area contributed by atoms with E-state index in [2.05, 4.69) is 15.0 Å². The van der Waals surface area contributed by atoms with Crippen LogP contribution in [0.4, 0.5) is 10.3 Å². The number of H-pyrrole nitrogens is 1. The van der Waals surface area contributed by atoms with Crippen molar-refractivity contribution >= 4 is 18.2 Å². The summed E-state index contributed by atoms with van der Waals surface area (Å²) in [4.78, 5) is 10.4. The van der Waals surface area contributed by atoms with Gasteiger partial charge in [-0.3, -0.25) is 0 Å². The first-order valence-electron chi connectivity index (χ1n) is 4.68. The van der Waals surface area contributed by atoms with E-state index in [1.807, 2.05) is 0 Å². The fourth-order valence-electron chi connectivity index (χ4n) is 1.35. The Bertz CT molecular complexity index is 613. The third kappa shape index (κ3) is 2.39. The maximum absolute atomic E-state index is 13.5. The summed E-state index contributed by atoms with van der Waals surface area (Å²) in [5, 5.41) is 0. The second-order valence-corrected chi connectivity index (χ2v) is 3.58. The first-order chi connectivity index (χ1) is 8.10. The summed E-state index contributed by atoms with van der Waals surface area (Å²) < 4.78 is 18.4. The van der Waals surface area contributed by atoms with Crippen LogP contribution in [0.1, 0.15) is 0 Å². The van der Waals surface area contributed by atoms with Gasteiger partial charge in [0.05, 0.1) is 7.11 Å². The molecule has 0 saturated carbocycles. The lowest BCUT2D eigenvalue weighted by atomic mass is 10.2. The molecule has 1 heterocycles. The molecule has 0 unspecified atom stereocenters. The first kappa shape index (κ1) is 11.5. The molecule has 2 rings (SSSR count). The number of hydrogen-bond donors (Lipinski definition) is 2. The number of halogens is 1. The van der Waals surface area contributed by atoms with Crippen LogP contribution in [0.15, 0.2) is 18.2 Å². The molecule has 0 bridgehead atoms. The van der Waals surface area contributed by atoms with Gasteiger partial charge < -0.3 is 15.5 Å². The van der Waals surface area contributed by atoms with Gasteiger partial charge >= 0.3 is 0 Å². The third-order valence-electron chi connectivity index (χ3n) is 2.10. The van der Waals surface area contributed by atoms with E-state index in [-0.39, 0.29) is 16.5 Å². The van der Waals surface area contributed by atoms with E-state index < -0.39 is 5.82 Å². The van der Waals surface area contributed by atoms with Gasteiger partial charge in [0.25, 0.3) is 0 Å². The Morgan fingerprint density at radius 2 is 2.18 bits per heavy atom. The Morgan fingerprint density at radius 1 is 1.41 bits per heavy atom. The highest BCUT2D eigenvalue weighted by Crippen LogP contribution is 2.23. The average molecular weight is 252 g/mol. The van der Waals surface area contributed by atoms with Crippen LogP contribution in [0.25, 0.3) is 11.4 Å². The number of benzene rings is 1. The molecule has 1 aromatic heterocycles. The van der Waals surface area contributed by atoms with Crippen LogP contribution in [0.2, 0.25) is 0 Å². The van der Waals surface area contributed by atoms with Gasteiger partial charge in [-0.1, -0.05) is 0 Å². The van der Waals surface area contributed by atoms with Crippen LogP contribution in [-0.4, -0.2) is 22.1 Å². The predicted octanol–water partition coefficient (Wildman–Crippen LogP) is 1.93. The van der Waals surface area contributed by atoms with Gasteiger partial charge in [0.1, 0.15) is 5.82 Å². The maximum atomic E-state index is 13.5. The lowest BCUT2D eigenvalue weighted by molar-refractivity contribution is 0.386. The molecule has 0 atom stereocenters. The average Bonchev–Trinajstić information content (AvgIpc) is 2.27. The Morgan fingerprint density at radius 3 is 2.76 bits per heavy atom. The molecule has 17 heavy (non-hydrogen) atoms. The number of rotatable bonds is 2. The van der Waals surface area contributed by atoms with E-state index >= 15 is 0 Å². The second-order valence-electron chi connectivity index (χ2n) is 3.21. The summed E-state index contributed by atoms with van der Waals surface area (Å²) in [7, 11) is 1.40. The molecule has 5 nitrogen and oxygen atoms in total. The number of nitrogens with two attached hydrogens (primary N) is 1. The zero-order valence-electron chi connectivity index (χ0n) is 8.90. The lowest BCUT2D eigenvalue weighted by Crippen LogP contribution is -2.00. The Labute approximate surface area is 101 Å². The highest BCUT2D eigenvalue weighted by molar-refractivity contribution is 7.71. The Balaban J connectivity index is 2.53. The van der Waals surface area contributed by atoms with E-state index in [0.717, 1.165) is 0 Å². The molecule has 0 aliphatic carbocycles. The number of ether oxygens (including phenoxy) is 1. The molecular weight excluding hydrogens is 243 g/mol. The quantitative estimate of drug-likeness (QED) is 0.799. The van der Waals surface area contributed by atoms with Crippen LogP contribution >= 0.6 is 12.2 Å². The van der Waals surface area contributed by atoms with Crippen LogP contribution < -0.4 is 10.5 Å². The number of aromatic amines is 1. The Hall–Kier alpha value is -2.02. The van der Waals surface area contributed by atoms with Crippen molar-refractivity contribution in [1.82, 2.24) is 15.0 Å².